The minimum absolute atomic E-state index is 0.0380. The fourth-order valence-corrected chi connectivity index (χ4v) is 17.8. The summed E-state index contributed by atoms with van der Waals surface area (Å²) in [7, 11) is 0. The van der Waals surface area contributed by atoms with Gasteiger partial charge in [0.2, 0.25) is 0 Å². The van der Waals surface area contributed by atoms with Crippen LogP contribution >= 0.6 is 0 Å². The number of benzene rings is 2. The molecule has 5 fully saturated rings. The van der Waals surface area contributed by atoms with Crippen LogP contribution in [0.5, 0.6) is 0 Å². The highest BCUT2D eigenvalue weighted by Crippen LogP contribution is 2.87. The van der Waals surface area contributed by atoms with Crippen molar-refractivity contribution < 1.29 is 19.1 Å². The third-order valence-electron chi connectivity index (χ3n) is 19.6. The molecule has 2 aromatic carbocycles. The predicted molar refractivity (Wildman–Crippen MR) is 239 cm³/mol. The molecule has 0 radical (unpaired) electrons. The Morgan fingerprint density at radius 3 is 2.50 bits per heavy atom. The molecule has 2 N–H and O–H groups in total. The molecule has 6 aliphatic carbocycles. The Morgan fingerprint density at radius 1 is 0.855 bits per heavy atom. The number of carbonyl (C=O) groups excluding carboxylic acids is 2. The predicted octanol–water partition coefficient (Wildman–Crippen LogP) is 9.44. The van der Waals surface area contributed by atoms with Crippen LogP contribution in [0.2, 0.25) is 0 Å². The van der Waals surface area contributed by atoms with Gasteiger partial charge in [0, 0.05) is 55.3 Å². The fourth-order valence-electron chi connectivity index (χ4n) is 17.8. The minimum Gasteiger partial charge on any atom is -0.449 e. The van der Waals surface area contributed by atoms with E-state index in [2.05, 4.69) is 71.3 Å². The zero-order valence-corrected chi connectivity index (χ0v) is 37.1. The van der Waals surface area contributed by atoms with Crippen molar-refractivity contribution in [2.45, 2.75) is 128 Å². The first kappa shape index (κ1) is 38.8. The molecule has 326 valence electrons. The largest absolute Gasteiger partial charge is 0.449 e. The Balaban J connectivity index is 1.08. The van der Waals surface area contributed by atoms with Gasteiger partial charge in [-0.25, -0.2) is 4.79 Å². The van der Waals surface area contributed by atoms with Crippen molar-refractivity contribution in [2.24, 2.45) is 63.9 Å². The number of allylic oxidation sites excluding steroid dienone is 2. The van der Waals surface area contributed by atoms with Gasteiger partial charge in [0.25, 0.3) is 0 Å². The summed E-state index contributed by atoms with van der Waals surface area (Å²) in [5.41, 5.74) is 13.7. The molecule has 0 aromatic heterocycles. The molecule has 0 amide bonds. The van der Waals surface area contributed by atoms with E-state index in [1.54, 1.807) is 11.3 Å². The van der Waals surface area contributed by atoms with E-state index in [-0.39, 0.29) is 17.9 Å². The Morgan fingerprint density at radius 2 is 1.66 bits per heavy atom. The summed E-state index contributed by atoms with van der Waals surface area (Å²) in [4.78, 5) is 36.7. The number of piperidine rings is 2. The van der Waals surface area contributed by atoms with Crippen LogP contribution in [0.1, 0.15) is 129 Å². The lowest BCUT2D eigenvalue weighted by molar-refractivity contribution is -0.278. The van der Waals surface area contributed by atoms with Gasteiger partial charge in [0.05, 0.1) is 11.0 Å². The monoisotopic (exact) mass is 834 g/mol. The van der Waals surface area contributed by atoms with Gasteiger partial charge in [-0.05, 0) is 155 Å². The van der Waals surface area contributed by atoms with Crippen LogP contribution in [-0.4, -0.2) is 60.5 Å². The molecule has 16 rings (SSSR count). The summed E-state index contributed by atoms with van der Waals surface area (Å²) in [6.07, 6.45) is 22.8. The number of esters is 2. The van der Waals surface area contributed by atoms with Crippen LogP contribution in [0.3, 0.4) is 0 Å². The molecule has 13 bridgehead atoms. The lowest BCUT2D eigenvalue weighted by Gasteiger charge is -2.72. The molecule has 3 spiro atoms. The Labute approximate surface area is 368 Å². The Hall–Kier alpha value is -3.68. The molecular formula is C55H67N3O4. The van der Waals surface area contributed by atoms with Crippen LogP contribution in [0, 0.1) is 58.2 Å². The van der Waals surface area contributed by atoms with Crippen molar-refractivity contribution in [1.29, 1.82) is 0 Å². The van der Waals surface area contributed by atoms with Crippen molar-refractivity contribution >= 4 is 11.9 Å². The summed E-state index contributed by atoms with van der Waals surface area (Å²) in [6.45, 7) is 7.76. The van der Waals surface area contributed by atoms with E-state index in [4.69, 9.17) is 15.2 Å². The van der Waals surface area contributed by atoms with E-state index in [1.165, 1.54) is 61.9 Å². The summed E-state index contributed by atoms with van der Waals surface area (Å²) < 4.78 is 14.4. The maximum absolute atomic E-state index is 16.0. The van der Waals surface area contributed by atoms with E-state index in [1.807, 2.05) is 0 Å². The van der Waals surface area contributed by atoms with Gasteiger partial charge in [-0.15, -0.1) is 0 Å². The van der Waals surface area contributed by atoms with Gasteiger partial charge < -0.3 is 20.1 Å². The molecule has 3 saturated heterocycles. The maximum Gasteiger partial charge on any atom is 0.339 e. The van der Waals surface area contributed by atoms with Crippen molar-refractivity contribution in [1.82, 2.24) is 9.80 Å². The molecule has 8 aliphatic heterocycles. The summed E-state index contributed by atoms with van der Waals surface area (Å²) in [6, 6.07) is 16.4. The van der Waals surface area contributed by atoms with Gasteiger partial charge in [0.1, 0.15) is 11.2 Å². The highest BCUT2D eigenvalue weighted by molar-refractivity contribution is 6.00. The van der Waals surface area contributed by atoms with E-state index < -0.39 is 16.4 Å². The number of aryl methyl sites for hydroxylation is 2. The van der Waals surface area contributed by atoms with Crippen LogP contribution in [0.25, 0.3) is 0 Å². The van der Waals surface area contributed by atoms with E-state index in [0.717, 1.165) is 113 Å². The van der Waals surface area contributed by atoms with Gasteiger partial charge in [-0.1, -0.05) is 85.9 Å². The van der Waals surface area contributed by atoms with Crippen molar-refractivity contribution in [3.63, 3.8) is 0 Å². The normalized spacial score (nSPS) is 42.2. The highest BCUT2D eigenvalue weighted by atomic mass is 16.6. The number of nitrogens with two attached hydrogens (primary N) is 1. The lowest BCUT2D eigenvalue weighted by Crippen LogP contribution is -2.77. The first-order chi connectivity index (χ1) is 30.4. The molecule has 8 heterocycles. The fraction of sp³-hybridized carbons (Fsp3) is 0.636. The van der Waals surface area contributed by atoms with E-state index in [9.17, 15) is 4.79 Å². The average molecular weight is 834 g/mol. The molecule has 14 aliphatic rings. The number of carbonyl (C=O) groups is 2. The number of ether oxygens (including phenoxy) is 2. The van der Waals surface area contributed by atoms with E-state index >= 15 is 4.79 Å². The van der Waals surface area contributed by atoms with Crippen LogP contribution in [0.4, 0.5) is 0 Å². The molecule has 12 atom stereocenters. The average Bonchev–Trinajstić information content (AvgIpc) is 3.97. The molecule has 2 saturated carbocycles. The zero-order valence-electron chi connectivity index (χ0n) is 37.1. The molecular weight excluding hydrogens is 767 g/mol. The second-order valence-corrected chi connectivity index (χ2v) is 22.4. The number of hydrogen-bond acceptors (Lipinski definition) is 7. The second-order valence-electron chi connectivity index (χ2n) is 22.4. The van der Waals surface area contributed by atoms with Crippen LogP contribution < -0.4 is 5.73 Å². The number of hydrogen-bond donors (Lipinski definition) is 1. The third-order valence-corrected chi connectivity index (χ3v) is 19.6. The summed E-state index contributed by atoms with van der Waals surface area (Å²) in [5.74, 6) is 4.20. The number of rotatable bonds is 4. The maximum atomic E-state index is 16.0. The quantitative estimate of drug-likeness (QED) is 0.243. The molecule has 2 aromatic rings. The lowest BCUT2D eigenvalue weighted by atomic mass is 9.28. The highest BCUT2D eigenvalue weighted by Gasteiger charge is 2.92. The van der Waals surface area contributed by atoms with Gasteiger partial charge in [-0.3, -0.25) is 9.69 Å². The Kier molecular flexibility index (Phi) is 8.85. The number of nitrogens with zero attached hydrogens (tertiary/aromatic N) is 2. The van der Waals surface area contributed by atoms with Crippen LogP contribution in [-0.2, 0) is 39.1 Å². The molecule has 1 unspecified atom stereocenters. The third kappa shape index (κ3) is 5.02. The van der Waals surface area contributed by atoms with E-state index in [0.29, 0.717) is 54.0 Å². The van der Waals surface area contributed by atoms with Crippen molar-refractivity contribution in [3.8, 4) is 0 Å². The first-order valence-electron chi connectivity index (χ1n) is 25.3. The summed E-state index contributed by atoms with van der Waals surface area (Å²) in [5, 5.41) is 0. The first-order valence-corrected chi connectivity index (χ1v) is 25.3. The second kappa shape index (κ2) is 14.2. The SMILES string of the molecule is C[C@H]1CC=C2[C@H]3C4=C5C[C@@H](Cc6cccc(c6)CCCC[C@H]6[C@]57C(=O)O/C(=C/C[C@H](C5CCCC5)N5C[C@@H]8C[C@@H](CN2C8)C5)[C@@]7(CC4)[C@]62OC(=O)c4c(CCCN)cccc42)[C@H]31. The zero-order chi connectivity index (χ0) is 41.5. The van der Waals surface area contributed by atoms with Crippen LogP contribution in [0.15, 0.2) is 77.2 Å². The number of fused-ring (bicyclic) bond motifs is 7. The molecule has 7 nitrogen and oxygen atoms in total. The summed E-state index contributed by atoms with van der Waals surface area (Å²) >= 11 is 0. The van der Waals surface area contributed by atoms with Gasteiger partial charge >= 0.3 is 11.9 Å². The smallest absolute Gasteiger partial charge is 0.339 e. The molecule has 7 heteroatoms. The van der Waals surface area contributed by atoms with Gasteiger partial charge in [0.15, 0.2) is 5.60 Å². The van der Waals surface area contributed by atoms with Crippen molar-refractivity contribution in [3.05, 3.63) is 105 Å². The standard InChI is InChI=1S/C55H67N3O4/c1-33-18-19-45-50-41-22-23-53-47(21-20-44(38-12-3-4-13-38)57-29-36-26-37(30-57)32-58(45)31-36)61-52(60)54(53)43(41)28-40(48(33)50)27-35-11-6-10-34(25-35)9-2-5-17-46(54)55(53)42-16-7-14-39(15-8-24-56)49(42)51(59)62-55/h6-7,10-11,14,16,19,21,25,33,36-38,40,44,46,48,50H,2-5,8-9,12-13,15,17-18,20,22-24,26-32,56H2,1H3/b47-21+/t33-,36-,37+,40+,44+,46-,48+,50+,53+,54-,55+/m0/s1. The minimum atomic E-state index is -0.963. The topological polar surface area (TPSA) is 85.1 Å². The Bertz CT molecular complexity index is 2310. The molecule has 62 heavy (non-hydrogen) atoms. The van der Waals surface area contributed by atoms with Gasteiger partial charge in [-0.2, -0.15) is 0 Å². The van der Waals surface area contributed by atoms with Crippen molar-refractivity contribution in [2.75, 3.05) is 32.7 Å².